The fourth-order valence-corrected chi connectivity index (χ4v) is 1.02. The average molecular weight is 179 g/mol. The second-order valence-electron chi connectivity index (χ2n) is 2.56. The standard InChI is InChI=1S/C8H13N5/c1-2-3-4-5-7(12-9)8-10-6-11-13-8/h6-7,12H,4-5,9H2,1H3,(H,10,11,13). The molecule has 0 fully saturated rings. The van der Waals surface area contributed by atoms with Gasteiger partial charge in [-0.2, -0.15) is 5.10 Å². The highest BCUT2D eigenvalue weighted by Gasteiger charge is 2.10. The summed E-state index contributed by atoms with van der Waals surface area (Å²) in [4.78, 5) is 4.01. The summed E-state index contributed by atoms with van der Waals surface area (Å²) in [5.74, 6) is 11.9. The minimum atomic E-state index is 0.00310. The van der Waals surface area contributed by atoms with E-state index in [1.54, 1.807) is 0 Å². The van der Waals surface area contributed by atoms with Gasteiger partial charge < -0.3 is 0 Å². The lowest BCUT2D eigenvalue weighted by atomic mass is 10.1. The Morgan fingerprint density at radius 2 is 2.62 bits per heavy atom. The predicted molar refractivity (Wildman–Crippen MR) is 49.1 cm³/mol. The molecule has 0 aliphatic rings. The summed E-state index contributed by atoms with van der Waals surface area (Å²) < 4.78 is 0. The number of nitrogens with one attached hydrogen (secondary N) is 2. The van der Waals surface area contributed by atoms with Crippen molar-refractivity contribution in [2.45, 2.75) is 25.8 Å². The van der Waals surface area contributed by atoms with Crippen LogP contribution in [0.3, 0.4) is 0 Å². The van der Waals surface area contributed by atoms with Crippen molar-refractivity contribution in [3.63, 3.8) is 0 Å². The third kappa shape index (κ3) is 2.86. The van der Waals surface area contributed by atoms with Crippen molar-refractivity contribution in [1.82, 2.24) is 20.6 Å². The Balaban J connectivity index is 2.47. The zero-order chi connectivity index (χ0) is 9.52. The minimum absolute atomic E-state index is 0.00310. The summed E-state index contributed by atoms with van der Waals surface area (Å²) in [5.41, 5.74) is 2.66. The van der Waals surface area contributed by atoms with Gasteiger partial charge in [0, 0.05) is 6.42 Å². The molecular weight excluding hydrogens is 166 g/mol. The zero-order valence-electron chi connectivity index (χ0n) is 7.54. The van der Waals surface area contributed by atoms with Gasteiger partial charge in [0.25, 0.3) is 0 Å². The van der Waals surface area contributed by atoms with Crippen LogP contribution >= 0.6 is 0 Å². The highest BCUT2D eigenvalue weighted by Crippen LogP contribution is 2.11. The van der Waals surface area contributed by atoms with E-state index in [2.05, 4.69) is 32.4 Å². The predicted octanol–water partition coefficient (Wildman–Crippen LogP) is 0.113. The van der Waals surface area contributed by atoms with Crippen molar-refractivity contribution in [1.29, 1.82) is 0 Å². The van der Waals surface area contributed by atoms with E-state index in [4.69, 9.17) is 5.84 Å². The molecule has 0 saturated carbocycles. The second kappa shape index (κ2) is 5.30. The van der Waals surface area contributed by atoms with Crippen molar-refractivity contribution in [3.8, 4) is 11.8 Å². The molecular formula is C8H13N5. The average Bonchev–Trinajstić information content (AvgIpc) is 2.65. The molecule has 0 bridgehead atoms. The molecule has 0 radical (unpaired) electrons. The monoisotopic (exact) mass is 179 g/mol. The largest absolute Gasteiger partial charge is 0.271 e. The topological polar surface area (TPSA) is 79.6 Å². The quantitative estimate of drug-likeness (QED) is 0.348. The summed E-state index contributed by atoms with van der Waals surface area (Å²) >= 11 is 0. The molecule has 1 atom stereocenters. The Labute approximate surface area is 77.1 Å². The van der Waals surface area contributed by atoms with E-state index in [1.807, 2.05) is 6.92 Å². The second-order valence-corrected chi connectivity index (χ2v) is 2.56. The Morgan fingerprint density at radius 3 is 3.15 bits per heavy atom. The lowest BCUT2D eigenvalue weighted by Crippen LogP contribution is -2.28. The van der Waals surface area contributed by atoms with Gasteiger partial charge in [0.2, 0.25) is 0 Å². The number of rotatable bonds is 4. The fourth-order valence-electron chi connectivity index (χ4n) is 1.02. The van der Waals surface area contributed by atoms with Crippen LogP contribution < -0.4 is 11.3 Å². The molecule has 0 amide bonds. The van der Waals surface area contributed by atoms with Crippen molar-refractivity contribution < 1.29 is 0 Å². The van der Waals surface area contributed by atoms with Gasteiger partial charge >= 0.3 is 0 Å². The van der Waals surface area contributed by atoms with Gasteiger partial charge in [-0.05, 0) is 13.3 Å². The van der Waals surface area contributed by atoms with Crippen molar-refractivity contribution in [3.05, 3.63) is 12.2 Å². The Bertz CT molecular complexity index is 281. The maximum Gasteiger partial charge on any atom is 0.142 e. The molecule has 0 aromatic carbocycles. The van der Waals surface area contributed by atoms with Gasteiger partial charge in [-0.1, -0.05) is 0 Å². The maximum atomic E-state index is 5.36. The molecule has 5 nitrogen and oxygen atoms in total. The normalized spacial score (nSPS) is 11.8. The van der Waals surface area contributed by atoms with E-state index in [0.29, 0.717) is 0 Å². The molecule has 1 aromatic heterocycles. The summed E-state index contributed by atoms with van der Waals surface area (Å²) in [6.07, 6.45) is 3.09. The highest BCUT2D eigenvalue weighted by atomic mass is 15.3. The van der Waals surface area contributed by atoms with E-state index in [9.17, 15) is 0 Å². The van der Waals surface area contributed by atoms with Crippen LogP contribution in [0.4, 0.5) is 0 Å². The minimum Gasteiger partial charge on any atom is -0.271 e. The maximum absolute atomic E-state index is 5.36. The molecule has 4 N–H and O–H groups in total. The summed E-state index contributed by atoms with van der Waals surface area (Å²) in [5, 5.41) is 6.51. The number of hydrogen-bond acceptors (Lipinski definition) is 4. The van der Waals surface area contributed by atoms with E-state index < -0.39 is 0 Å². The number of hydrogen-bond donors (Lipinski definition) is 3. The molecule has 13 heavy (non-hydrogen) atoms. The Hall–Kier alpha value is -1.38. The number of nitrogens with zero attached hydrogens (tertiary/aromatic N) is 2. The van der Waals surface area contributed by atoms with Crippen LogP contribution in [0.1, 0.15) is 31.6 Å². The lowest BCUT2D eigenvalue weighted by Gasteiger charge is -2.09. The summed E-state index contributed by atoms with van der Waals surface area (Å²) in [6, 6.07) is 0.00310. The summed E-state index contributed by atoms with van der Waals surface area (Å²) in [6.45, 7) is 1.82. The van der Waals surface area contributed by atoms with Crippen molar-refractivity contribution in [2.75, 3.05) is 0 Å². The van der Waals surface area contributed by atoms with Crippen LogP contribution in [0, 0.1) is 11.8 Å². The molecule has 0 saturated heterocycles. The number of nitrogens with two attached hydrogens (primary N) is 1. The van der Waals surface area contributed by atoms with Crippen molar-refractivity contribution in [2.24, 2.45) is 5.84 Å². The first-order valence-electron chi connectivity index (χ1n) is 4.09. The zero-order valence-corrected chi connectivity index (χ0v) is 7.54. The van der Waals surface area contributed by atoms with Crippen molar-refractivity contribution >= 4 is 0 Å². The van der Waals surface area contributed by atoms with Gasteiger partial charge in [0.15, 0.2) is 0 Å². The first kappa shape index (κ1) is 9.71. The third-order valence-electron chi connectivity index (χ3n) is 1.70. The van der Waals surface area contributed by atoms with E-state index in [-0.39, 0.29) is 6.04 Å². The van der Waals surface area contributed by atoms with Gasteiger partial charge in [-0.3, -0.25) is 10.9 Å². The van der Waals surface area contributed by atoms with Crippen LogP contribution in [0.5, 0.6) is 0 Å². The third-order valence-corrected chi connectivity index (χ3v) is 1.70. The Morgan fingerprint density at radius 1 is 1.77 bits per heavy atom. The molecule has 0 aliphatic carbocycles. The van der Waals surface area contributed by atoms with E-state index in [0.717, 1.165) is 18.7 Å². The lowest BCUT2D eigenvalue weighted by molar-refractivity contribution is 0.499. The van der Waals surface area contributed by atoms with Gasteiger partial charge in [0.1, 0.15) is 12.2 Å². The molecule has 5 heteroatoms. The smallest absolute Gasteiger partial charge is 0.142 e. The van der Waals surface area contributed by atoms with Gasteiger partial charge in [0.05, 0.1) is 6.04 Å². The summed E-state index contributed by atoms with van der Waals surface area (Å²) in [7, 11) is 0. The highest BCUT2D eigenvalue weighted by molar-refractivity contribution is 4.98. The molecule has 1 unspecified atom stereocenters. The SMILES string of the molecule is CC#CCCC(NN)c1ncn[nH]1. The first-order chi connectivity index (χ1) is 6.38. The van der Waals surface area contributed by atoms with Crippen LogP contribution in [0.25, 0.3) is 0 Å². The van der Waals surface area contributed by atoms with Crippen LogP contribution in [0.15, 0.2) is 6.33 Å². The molecule has 0 spiro atoms. The van der Waals surface area contributed by atoms with Gasteiger partial charge in [-0.15, -0.1) is 11.8 Å². The van der Waals surface area contributed by atoms with Crippen LogP contribution in [-0.2, 0) is 0 Å². The first-order valence-corrected chi connectivity index (χ1v) is 4.09. The fraction of sp³-hybridized carbons (Fsp3) is 0.500. The van der Waals surface area contributed by atoms with E-state index in [1.165, 1.54) is 6.33 Å². The van der Waals surface area contributed by atoms with Crippen LogP contribution in [-0.4, -0.2) is 15.2 Å². The number of H-pyrrole nitrogens is 1. The van der Waals surface area contributed by atoms with E-state index >= 15 is 0 Å². The molecule has 1 aromatic rings. The van der Waals surface area contributed by atoms with Gasteiger partial charge in [-0.25, -0.2) is 10.4 Å². The Kier molecular flexibility index (Phi) is 3.96. The van der Waals surface area contributed by atoms with Crippen LogP contribution in [0.2, 0.25) is 0 Å². The molecule has 0 aliphatic heterocycles. The molecule has 1 heterocycles. The number of aromatic nitrogens is 3. The molecule has 1 rings (SSSR count). The number of hydrazine groups is 1. The molecule has 70 valence electrons. The number of aromatic amines is 1.